The lowest BCUT2D eigenvalue weighted by Gasteiger charge is -2.35. The van der Waals surface area contributed by atoms with Crippen molar-refractivity contribution in [2.24, 2.45) is 0 Å². The Hall–Kier alpha value is -1.89. The number of hydrogen-bond donors (Lipinski definition) is 0. The third-order valence-corrected chi connectivity index (χ3v) is 4.94. The van der Waals surface area contributed by atoms with Crippen LogP contribution in [-0.4, -0.2) is 78.8 Å². The van der Waals surface area contributed by atoms with Crippen LogP contribution in [0.4, 0.5) is 10.6 Å². The molecule has 3 heterocycles. The Bertz CT molecular complexity index is 552. The molecule has 1 aromatic heterocycles. The number of aromatic nitrogens is 2. The van der Waals surface area contributed by atoms with E-state index in [1.54, 1.807) is 11.2 Å². The van der Waals surface area contributed by atoms with Gasteiger partial charge < -0.3 is 19.4 Å². The second-order valence-corrected chi connectivity index (χ2v) is 6.55. The van der Waals surface area contributed by atoms with Crippen molar-refractivity contribution < 1.29 is 9.53 Å². The van der Waals surface area contributed by atoms with Gasteiger partial charge in [0.2, 0.25) is 0 Å². The number of likely N-dealkylation sites (tertiary alicyclic amines) is 1. The molecule has 0 aromatic carbocycles. The van der Waals surface area contributed by atoms with E-state index >= 15 is 0 Å². The van der Waals surface area contributed by atoms with Crippen molar-refractivity contribution in [1.29, 1.82) is 0 Å². The van der Waals surface area contributed by atoms with Crippen LogP contribution in [0.25, 0.3) is 0 Å². The molecule has 7 nitrogen and oxygen atoms in total. The maximum absolute atomic E-state index is 11.8. The molecule has 24 heavy (non-hydrogen) atoms. The minimum atomic E-state index is -0.216. The summed E-state index contributed by atoms with van der Waals surface area (Å²) in [7, 11) is 2.17. The highest BCUT2D eigenvalue weighted by Gasteiger charge is 2.24. The molecule has 7 heteroatoms. The van der Waals surface area contributed by atoms with Gasteiger partial charge in [-0.25, -0.2) is 14.8 Å². The highest BCUT2D eigenvalue weighted by atomic mass is 16.6. The fourth-order valence-electron chi connectivity index (χ4n) is 3.39. The summed E-state index contributed by atoms with van der Waals surface area (Å²) in [5.41, 5.74) is 1.15. The number of piperazine rings is 1. The third kappa shape index (κ3) is 3.95. The molecule has 0 unspecified atom stereocenters. The Kier molecular flexibility index (Phi) is 5.50. The lowest BCUT2D eigenvalue weighted by Crippen LogP contribution is -2.49. The minimum Gasteiger partial charge on any atom is -0.450 e. The summed E-state index contributed by atoms with van der Waals surface area (Å²) in [5, 5.41) is 0. The third-order valence-electron chi connectivity index (χ3n) is 4.94. The first-order valence-electron chi connectivity index (χ1n) is 8.84. The van der Waals surface area contributed by atoms with Gasteiger partial charge in [-0.2, -0.15) is 0 Å². The first-order valence-corrected chi connectivity index (χ1v) is 8.84. The van der Waals surface area contributed by atoms with E-state index in [-0.39, 0.29) is 6.09 Å². The van der Waals surface area contributed by atoms with E-state index in [0.717, 1.165) is 50.5 Å². The van der Waals surface area contributed by atoms with Gasteiger partial charge in [0.25, 0.3) is 0 Å². The maximum atomic E-state index is 11.8. The van der Waals surface area contributed by atoms with E-state index in [0.29, 0.717) is 25.6 Å². The molecule has 2 aliphatic heterocycles. The van der Waals surface area contributed by atoms with Crippen molar-refractivity contribution in [3.63, 3.8) is 0 Å². The average Bonchev–Trinajstić information content (AvgIpc) is 2.63. The highest BCUT2D eigenvalue weighted by molar-refractivity contribution is 5.68. The molecule has 0 N–H and O–H groups in total. The Balaban J connectivity index is 1.60. The Morgan fingerprint density at radius 3 is 2.54 bits per heavy atom. The lowest BCUT2D eigenvalue weighted by atomic mass is 9.93. The lowest BCUT2D eigenvalue weighted by molar-refractivity contribution is 0.105. The van der Waals surface area contributed by atoms with Gasteiger partial charge in [-0.15, -0.1) is 0 Å². The van der Waals surface area contributed by atoms with E-state index in [1.807, 2.05) is 6.92 Å². The van der Waals surface area contributed by atoms with Crippen LogP contribution < -0.4 is 4.90 Å². The molecule has 0 bridgehead atoms. The maximum Gasteiger partial charge on any atom is 0.409 e. The molecule has 3 rings (SSSR count). The Labute approximate surface area is 143 Å². The topological polar surface area (TPSA) is 61.8 Å². The molecule has 0 radical (unpaired) electrons. The van der Waals surface area contributed by atoms with Crippen LogP contribution in [-0.2, 0) is 4.74 Å². The molecule has 2 aliphatic rings. The molecule has 2 fully saturated rings. The second-order valence-electron chi connectivity index (χ2n) is 6.55. The predicted octanol–water partition coefficient (Wildman–Crippen LogP) is 1.56. The number of carbonyl (C=O) groups excluding carboxylic acids is 1. The van der Waals surface area contributed by atoms with E-state index in [4.69, 9.17) is 4.74 Å². The van der Waals surface area contributed by atoms with Gasteiger partial charge in [0.05, 0.1) is 6.61 Å². The van der Waals surface area contributed by atoms with Gasteiger partial charge in [-0.1, -0.05) is 0 Å². The van der Waals surface area contributed by atoms with Gasteiger partial charge in [0.1, 0.15) is 12.1 Å². The van der Waals surface area contributed by atoms with Crippen LogP contribution in [0.2, 0.25) is 0 Å². The number of hydrogen-bond acceptors (Lipinski definition) is 6. The molecule has 2 saturated heterocycles. The zero-order chi connectivity index (χ0) is 16.9. The summed E-state index contributed by atoms with van der Waals surface area (Å²) in [6.07, 6.45) is 3.78. The molecule has 0 atom stereocenters. The molecular formula is C17H27N5O2. The standard InChI is InChI=1S/C17H27N5O2/c1-3-24-17(23)22-10-8-21(9-11-22)16-12-15(18-13-19-16)14-4-6-20(2)7-5-14/h12-14H,3-11H2,1-2H3. The van der Waals surface area contributed by atoms with Crippen molar-refractivity contribution in [3.8, 4) is 0 Å². The van der Waals surface area contributed by atoms with E-state index in [9.17, 15) is 4.79 Å². The number of piperidine rings is 1. The summed E-state index contributed by atoms with van der Waals surface area (Å²) in [5.74, 6) is 1.51. The number of rotatable bonds is 3. The van der Waals surface area contributed by atoms with E-state index in [2.05, 4.69) is 32.9 Å². The van der Waals surface area contributed by atoms with Crippen LogP contribution in [0.15, 0.2) is 12.4 Å². The monoisotopic (exact) mass is 333 g/mol. The van der Waals surface area contributed by atoms with Crippen LogP contribution in [0.5, 0.6) is 0 Å². The van der Waals surface area contributed by atoms with Crippen molar-refractivity contribution in [2.45, 2.75) is 25.7 Å². The molecule has 0 spiro atoms. The van der Waals surface area contributed by atoms with Crippen LogP contribution in [0, 0.1) is 0 Å². The number of anilines is 1. The minimum absolute atomic E-state index is 0.216. The largest absolute Gasteiger partial charge is 0.450 e. The summed E-state index contributed by atoms with van der Waals surface area (Å²) in [6, 6.07) is 2.13. The number of nitrogens with zero attached hydrogens (tertiary/aromatic N) is 5. The summed E-state index contributed by atoms with van der Waals surface area (Å²) in [4.78, 5) is 27.1. The van der Waals surface area contributed by atoms with Gasteiger partial charge in [0.15, 0.2) is 0 Å². The van der Waals surface area contributed by atoms with Crippen molar-refractivity contribution in [3.05, 3.63) is 18.1 Å². The van der Waals surface area contributed by atoms with Gasteiger partial charge in [-0.3, -0.25) is 0 Å². The fraction of sp³-hybridized carbons (Fsp3) is 0.706. The fourth-order valence-corrected chi connectivity index (χ4v) is 3.39. The molecular weight excluding hydrogens is 306 g/mol. The SMILES string of the molecule is CCOC(=O)N1CCN(c2cc(C3CCN(C)CC3)ncn2)CC1. The van der Waals surface area contributed by atoms with E-state index in [1.165, 1.54) is 0 Å². The Morgan fingerprint density at radius 2 is 1.88 bits per heavy atom. The van der Waals surface area contributed by atoms with Crippen LogP contribution >= 0.6 is 0 Å². The second kappa shape index (κ2) is 7.79. The molecule has 132 valence electrons. The predicted molar refractivity (Wildman–Crippen MR) is 92.3 cm³/mol. The number of ether oxygens (including phenoxy) is 1. The van der Waals surface area contributed by atoms with Gasteiger partial charge in [0, 0.05) is 43.9 Å². The molecule has 1 aromatic rings. The zero-order valence-electron chi connectivity index (χ0n) is 14.6. The molecule has 0 saturated carbocycles. The number of carbonyl (C=O) groups is 1. The normalized spacial score (nSPS) is 20.2. The quantitative estimate of drug-likeness (QED) is 0.837. The van der Waals surface area contributed by atoms with Crippen LogP contribution in [0.3, 0.4) is 0 Å². The van der Waals surface area contributed by atoms with Crippen LogP contribution in [0.1, 0.15) is 31.4 Å². The highest BCUT2D eigenvalue weighted by Crippen LogP contribution is 2.27. The smallest absolute Gasteiger partial charge is 0.409 e. The zero-order valence-corrected chi connectivity index (χ0v) is 14.6. The van der Waals surface area contributed by atoms with Crippen molar-refractivity contribution in [2.75, 3.05) is 57.8 Å². The summed E-state index contributed by atoms with van der Waals surface area (Å²) in [6.45, 7) is 7.42. The first kappa shape index (κ1) is 17.0. The molecule has 0 aliphatic carbocycles. The van der Waals surface area contributed by atoms with Gasteiger partial charge in [-0.05, 0) is 39.9 Å². The number of amides is 1. The summed E-state index contributed by atoms with van der Waals surface area (Å²) >= 11 is 0. The Morgan fingerprint density at radius 1 is 1.17 bits per heavy atom. The summed E-state index contributed by atoms with van der Waals surface area (Å²) < 4.78 is 5.07. The van der Waals surface area contributed by atoms with E-state index < -0.39 is 0 Å². The molecule has 1 amide bonds. The first-order chi connectivity index (χ1) is 11.7. The van der Waals surface area contributed by atoms with Crippen molar-refractivity contribution in [1.82, 2.24) is 19.8 Å². The average molecular weight is 333 g/mol. The van der Waals surface area contributed by atoms with Crippen molar-refractivity contribution >= 4 is 11.9 Å². The van der Waals surface area contributed by atoms with Gasteiger partial charge >= 0.3 is 6.09 Å².